The summed E-state index contributed by atoms with van der Waals surface area (Å²) < 4.78 is 0. The summed E-state index contributed by atoms with van der Waals surface area (Å²) in [6.07, 6.45) is 17.4. The first-order valence-corrected chi connectivity index (χ1v) is 11.2. The van der Waals surface area contributed by atoms with Crippen molar-refractivity contribution in [1.82, 2.24) is 0 Å². The van der Waals surface area contributed by atoms with Crippen LogP contribution in [0.15, 0.2) is 59.7 Å². The molecule has 2 nitrogen and oxygen atoms in total. The topological polar surface area (TPSA) is 20.3 Å². The zero-order chi connectivity index (χ0) is 19.9. The van der Waals surface area contributed by atoms with E-state index < -0.39 is 0 Å². The third-order valence-electron chi connectivity index (χ3n) is 6.22. The van der Waals surface area contributed by atoms with Crippen molar-refractivity contribution in [2.75, 3.05) is 11.4 Å². The molecule has 1 amide bonds. The Kier molecular flexibility index (Phi) is 7.30. The molecule has 2 aliphatic carbocycles. The minimum Gasteiger partial charge on any atom is -0.308 e. The molecule has 4 rings (SSSR count). The molecule has 1 aromatic rings. The first-order valence-electron chi connectivity index (χ1n) is 11.2. The van der Waals surface area contributed by atoms with Gasteiger partial charge >= 0.3 is 0 Å². The maximum Gasteiger partial charge on any atom is 0.238 e. The van der Waals surface area contributed by atoms with Crippen LogP contribution in [0.2, 0.25) is 0 Å². The van der Waals surface area contributed by atoms with Crippen LogP contribution in [-0.4, -0.2) is 12.5 Å². The van der Waals surface area contributed by atoms with Crippen LogP contribution in [0.25, 0.3) is 0 Å². The summed E-state index contributed by atoms with van der Waals surface area (Å²) in [7, 11) is 0. The summed E-state index contributed by atoms with van der Waals surface area (Å²) in [6, 6.07) is 8.81. The van der Waals surface area contributed by atoms with Gasteiger partial charge in [-0.1, -0.05) is 82.0 Å². The van der Waals surface area contributed by atoms with Crippen LogP contribution < -0.4 is 4.90 Å². The van der Waals surface area contributed by atoms with Crippen molar-refractivity contribution in [2.45, 2.75) is 71.6 Å². The quantitative estimate of drug-likeness (QED) is 0.522. The second kappa shape index (κ2) is 9.91. The van der Waals surface area contributed by atoms with E-state index in [0.29, 0.717) is 5.92 Å². The molecule has 150 valence electrons. The number of benzene rings is 1. The molecule has 0 aromatic heterocycles. The Labute approximate surface area is 171 Å². The van der Waals surface area contributed by atoms with E-state index in [2.05, 4.69) is 55.5 Å². The van der Waals surface area contributed by atoms with E-state index in [-0.39, 0.29) is 11.8 Å². The van der Waals surface area contributed by atoms with Gasteiger partial charge < -0.3 is 4.90 Å². The number of carbonyl (C=O) groups excluding carboxylic acids is 1. The molecule has 0 N–H and O–H groups in total. The lowest BCUT2D eigenvalue weighted by molar-refractivity contribution is -0.118. The van der Waals surface area contributed by atoms with Crippen LogP contribution in [0.3, 0.4) is 0 Å². The van der Waals surface area contributed by atoms with E-state index >= 15 is 0 Å². The van der Waals surface area contributed by atoms with E-state index in [1.54, 1.807) is 0 Å². The first-order chi connectivity index (χ1) is 13.8. The molecule has 1 saturated carbocycles. The van der Waals surface area contributed by atoms with E-state index in [9.17, 15) is 4.79 Å². The smallest absolute Gasteiger partial charge is 0.238 e. The lowest BCUT2D eigenvalue weighted by Crippen LogP contribution is -2.26. The predicted octanol–water partition coefficient (Wildman–Crippen LogP) is 6.95. The van der Waals surface area contributed by atoms with Crippen LogP contribution in [0, 0.1) is 5.92 Å². The van der Waals surface area contributed by atoms with Crippen molar-refractivity contribution in [3.8, 4) is 0 Å². The van der Waals surface area contributed by atoms with Crippen LogP contribution in [0.1, 0.15) is 77.2 Å². The van der Waals surface area contributed by atoms with E-state index in [1.165, 1.54) is 48.8 Å². The monoisotopic (exact) mass is 377 g/mol. The van der Waals surface area contributed by atoms with Crippen molar-refractivity contribution in [3.05, 3.63) is 65.3 Å². The molecule has 1 aliphatic heterocycles. The number of amides is 1. The third-order valence-corrected chi connectivity index (χ3v) is 6.22. The molecular formula is C26H35NO. The summed E-state index contributed by atoms with van der Waals surface area (Å²) in [5.74, 6) is 0.851. The van der Waals surface area contributed by atoms with E-state index in [1.807, 2.05) is 18.7 Å². The summed E-state index contributed by atoms with van der Waals surface area (Å²) in [6.45, 7) is 6.89. The molecule has 1 atom stereocenters. The number of hydrogen-bond acceptors (Lipinski definition) is 1. The van der Waals surface area contributed by atoms with Crippen molar-refractivity contribution in [3.63, 3.8) is 0 Å². The second-order valence-electron chi connectivity index (χ2n) is 7.83. The lowest BCUT2D eigenvalue weighted by atomic mass is 9.84. The van der Waals surface area contributed by atoms with Gasteiger partial charge in [-0.15, -0.1) is 0 Å². The van der Waals surface area contributed by atoms with Crippen LogP contribution in [-0.2, 0) is 4.79 Å². The number of hydrogen-bond donors (Lipinski definition) is 0. The summed E-state index contributed by atoms with van der Waals surface area (Å²) in [5, 5.41) is 0. The highest BCUT2D eigenvalue weighted by Crippen LogP contribution is 2.35. The van der Waals surface area contributed by atoms with Gasteiger partial charge in [-0.05, 0) is 54.9 Å². The fourth-order valence-corrected chi connectivity index (χ4v) is 4.58. The molecule has 3 aliphatic rings. The fraction of sp³-hybridized carbons (Fsp3) is 0.500. The van der Waals surface area contributed by atoms with Gasteiger partial charge in [0.25, 0.3) is 0 Å². The minimum atomic E-state index is -0.0803. The SMILES string of the molecule is CC.CC/C1=C/C/C=C2/CN(c3ccc(C4CCCCC4)cc3)C(=O)C2C=C1. The third kappa shape index (κ3) is 4.48. The lowest BCUT2D eigenvalue weighted by Gasteiger charge is -2.23. The molecule has 28 heavy (non-hydrogen) atoms. The second-order valence-corrected chi connectivity index (χ2v) is 7.83. The molecule has 2 fully saturated rings. The minimum absolute atomic E-state index is 0.0803. The summed E-state index contributed by atoms with van der Waals surface area (Å²) in [5.41, 5.74) is 5.05. The van der Waals surface area contributed by atoms with Gasteiger partial charge in [-0.25, -0.2) is 0 Å². The number of fused-ring (bicyclic) bond motifs is 1. The Bertz CT molecular complexity index is 747. The zero-order valence-electron chi connectivity index (χ0n) is 17.8. The average molecular weight is 378 g/mol. The molecule has 1 aromatic carbocycles. The number of anilines is 1. The van der Waals surface area contributed by atoms with Crippen LogP contribution in [0.4, 0.5) is 5.69 Å². The Morgan fingerprint density at radius 1 is 1.00 bits per heavy atom. The number of nitrogens with zero attached hydrogens (tertiary/aromatic N) is 1. The summed E-state index contributed by atoms with van der Waals surface area (Å²) >= 11 is 0. The number of carbonyl (C=O) groups is 1. The number of allylic oxidation sites excluding steroid dienone is 4. The van der Waals surface area contributed by atoms with Gasteiger partial charge in [0.1, 0.15) is 0 Å². The first kappa shape index (κ1) is 20.6. The van der Waals surface area contributed by atoms with E-state index in [4.69, 9.17) is 0 Å². The number of rotatable bonds is 3. The van der Waals surface area contributed by atoms with Crippen LogP contribution >= 0.6 is 0 Å². The van der Waals surface area contributed by atoms with Crippen molar-refractivity contribution in [2.24, 2.45) is 5.92 Å². The van der Waals surface area contributed by atoms with Gasteiger partial charge in [0, 0.05) is 12.2 Å². The van der Waals surface area contributed by atoms with Crippen molar-refractivity contribution >= 4 is 11.6 Å². The largest absolute Gasteiger partial charge is 0.308 e. The predicted molar refractivity (Wildman–Crippen MR) is 120 cm³/mol. The molecular weight excluding hydrogens is 342 g/mol. The Morgan fingerprint density at radius 2 is 1.71 bits per heavy atom. The molecule has 2 heteroatoms. The molecule has 0 spiro atoms. The van der Waals surface area contributed by atoms with E-state index in [0.717, 1.165) is 25.1 Å². The maximum absolute atomic E-state index is 13.0. The average Bonchev–Trinajstić information content (AvgIpc) is 3.05. The van der Waals surface area contributed by atoms with Crippen molar-refractivity contribution < 1.29 is 4.79 Å². The molecule has 0 bridgehead atoms. The summed E-state index contributed by atoms with van der Waals surface area (Å²) in [4.78, 5) is 15.0. The van der Waals surface area contributed by atoms with Gasteiger partial charge in [-0.2, -0.15) is 0 Å². The maximum atomic E-state index is 13.0. The fourth-order valence-electron chi connectivity index (χ4n) is 4.58. The van der Waals surface area contributed by atoms with Crippen molar-refractivity contribution in [1.29, 1.82) is 0 Å². The Hall–Kier alpha value is -2.09. The van der Waals surface area contributed by atoms with Gasteiger partial charge in [0.2, 0.25) is 5.91 Å². The molecule has 1 unspecified atom stereocenters. The normalized spacial score (nSPS) is 26.2. The van der Waals surface area contributed by atoms with Gasteiger partial charge in [-0.3, -0.25) is 4.79 Å². The molecule has 0 radical (unpaired) electrons. The highest BCUT2D eigenvalue weighted by molar-refractivity contribution is 6.01. The van der Waals surface area contributed by atoms with Gasteiger partial charge in [0.05, 0.1) is 5.92 Å². The highest BCUT2D eigenvalue weighted by Gasteiger charge is 2.35. The Morgan fingerprint density at radius 3 is 2.39 bits per heavy atom. The Balaban J connectivity index is 0.00000109. The van der Waals surface area contributed by atoms with Crippen LogP contribution in [0.5, 0.6) is 0 Å². The standard InChI is InChI=1S/C24H29NO.C2H6/c1-2-18-7-6-10-21-17-25(24(26)23(21)16-11-18)22-14-12-20(13-15-22)19-8-4-3-5-9-19;1-2/h7,10-16,19,23H,2-6,8-9,17H2,1H3;1-2H3/b16-11?,18-7-,21-10-;. The zero-order valence-corrected chi connectivity index (χ0v) is 17.8. The highest BCUT2D eigenvalue weighted by atomic mass is 16.2. The van der Waals surface area contributed by atoms with Gasteiger partial charge in [0.15, 0.2) is 0 Å². The molecule has 1 saturated heterocycles. The molecule has 1 heterocycles.